The minimum absolute atomic E-state index is 0.331. The van der Waals surface area contributed by atoms with E-state index in [0.29, 0.717) is 28.7 Å². The molecule has 1 unspecified atom stereocenters. The van der Waals surface area contributed by atoms with Crippen LogP contribution < -0.4 is 0 Å². The predicted molar refractivity (Wildman–Crippen MR) is 81.5 cm³/mol. The third-order valence-corrected chi connectivity index (χ3v) is 3.63. The highest BCUT2D eigenvalue weighted by molar-refractivity contribution is 5.71. The molecule has 1 N–H and O–H groups in total. The average molecular weight is 319 g/mol. The van der Waals surface area contributed by atoms with Gasteiger partial charge in [0.05, 0.1) is 23.3 Å². The fourth-order valence-electron chi connectivity index (χ4n) is 2.39. The molecule has 0 fully saturated rings. The Hall–Kier alpha value is -2.32. The molecule has 2 rings (SSSR count). The third-order valence-electron chi connectivity index (χ3n) is 3.63. The first kappa shape index (κ1) is 17.0. The molecular weight excluding hydrogens is 303 g/mol. The van der Waals surface area contributed by atoms with Crippen LogP contribution in [0.4, 0.5) is 13.2 Å². The van der Waals surface area contributed by atoms with Crippen LogP contribution in [0.2, 0.25) is 0 Å². The summed E-state index contributed by atoms with van der Waals surface area (Å²) in [6, 6.07) is 11.7. The van der Waals surface area contributed by atoms with Crippen LogP contribution in [0, 0.1) is 11.3 Å². The van der Waals surface area contributed by atoms with Crippen LogP contribution in [-0.2, 0) is 6.18 Å². The summed E-state index contributed by atoms with van der Waals surface area (Å²) >= 11 is 0. The lowest BCUT2D eigenvalue weighted by Crippen LogP contribution is -2.04. The highest BCUT2D eigenvalue weighted by Crippen LogP contribution is 2.32. The van der Waals surface area contributed by atoms with Crippen molar-refractivity contribution < 1.29 is 18.3 Å². The van der Waals surface area contributed by atoms with Gasteiger partial charge in [-0.15, -0.1) is 0 Å². The van der Waals surface area contributed by atoms with E-state index in [1.807, 2.05) is 13.0 Å². The molecule has 5 heteroatoms. The molecule has 2 aromatic carbocycles. The Bertz CT molecular complexity index is 715. The first-order valence-electron chi connectivity index (χ1n) is 7.26. The van der Waals surface area contributed by atoms with Gasteiger partial charge in [-0.25, -0.2) is 0 Å². The van der Waals surface area contributed by atoms with Gasteiger partial charge in [0.2, 0.25) is 0 Å². The van der Waals surface area contributed by atoms with Gasteiger partial charge in [-0.3, -0.25) is 0 Å². The van der Waals surface area contributed by atoms with Crippen LogP contribution in [0.5, 0.6) is 0 Å². The maximum atomic E-state index is 12.6. The maximum absolute atomic E-state index is 12.6. The molecular formula is C18H16F3NO. The predicted octanol–water partition coefficient (Wildman–Crippen LogP) is 5.08. The van der Waals surface area contributed by atoms with Gasteiger partial charge in [0.15, 0.2) is 0 Å². The van der Waals surface area contributed by atoms with Crippen LogP contribution in [0.15, 0.2) is 42.5 Å². The number of halogens is 3. The standard InChI is InChI=1S/C18H16F3NO/c1-2-3-17(23)13-6-9-16(14(10-13)11-22)12-4-7-15(8-5-12)18(19,20)21/h4-10,17,23H,2-3H2,1H3. The highest BCUT2D eigenvalue weighted by Gasteiger charge is 2.30. The maximum Gasteiger partial charge on any atom is 0.416 e. The summed E-state index contributed by atoms with van der Waals surface area (Å²) in [5, 5.41) is 19.3. The molecule has 0 aliphatic heterocycles. The van der Waals surface area contributed by atoms with Crippen LogP contribution in [0.1, 0.15) is 42.6 Å². The Morgan fingerprint density at radius 1 is 1.13 bits per heavy atom. The van der Waals surface area contributed by atoms with Crippen molar-refractivity contribution in [3.63, 3.8) is 0 Å². The smallest absolute Gasteiger partial charge is 0.388 e. The quantitative estimate of drug-likeness (QED) is 0.854. The van der Waals surface area contributed by atoms with Gasteiger partial charge in [-0.05, 0) is 41.3 Å². The molecule has 0 heterocycles. The van der Waals surface area contributed by atoms with E-state index in [1.54, 1.807) is 18.2 Å². The summed E-state index contributed by atoms with van der Waals surface area (Å²) < 4.78 is 37.8. The molecule has 2 nitrogen and oxygen atoms in total. The lowest BCUT2D eigenvalue weighted by Gasteiger charge is -2.13. The van der Waals surface area contributed by atoms with Crippen LogP contribution >= 0.6 is 0 Å². The van der Waals surface area contributed by atoms with E-state index in [1.165, 1.54) is 12.1 Å². The van der Waals surface area contributed by atoms with E-state index in [2.05, 4.69) is 0 Å². The summed E-state index contributed by atoms with van der Waals surface area (Å²) in [5.41, 5.74) is 1.32. The number of aliphatic hydroxyl groups excluding tert-OH is 1. The van der Waals surface area contributed by atoms with Gasteiger partial charge < -0.3 is 5.11 Å². The van der Waals surface area contributed by atoms with Crippen molar-refractivity contribution in [1.82, 2.24) is 0 Å². The lowest BCUT2D eigenvalue weighted by atomic mass is 9.95. The Morgan fingerprint density at radius 2 is 1.78 bits per heavy atom. The van der Waals surface area contributed by atoms with Gasteiger partial charge >= 0.3 is 6.18 Å². The van der Waals surface area contributed by atoms with Crippen molar-refractivity contribution in [2.45, 2.75) is 32.0 Å². The number of rotatable bonds is 4. The number of aliphatic hydroxyl groups is 1. The molecule has 2 aromatic rings. The average Bonchev–Trinajstić information content (AvgIpc) is 2.53. The topological polar surface area (TPSA) is 44.0 Å². The van der Waals surface area contributed by atoms with Crippen molar-refractivity contribution in [3.05, 3.63) is 59.2 Å². The van der Waals surface area contributed by atoms with Crippen LogP contribution in [-0.4, -0.2) is 5.11 Å². The summed E-state index contributed by atoms with van der Waals surface area (Å²) in [5.74, 6) is 0. The number of hydrogen-bond acceptors (Lipinski definition) is 2. The molecule has 0 spiro atoms. The van der Waals surface area contributed by atoms with Crippen molar-refractivity contribution in [2.24, 2.45) is 0 Å². The molecule has 0 saturated heterocycles. The van der Waals surface area contributed by atoms with E-state index in [0.717, 1.165) is 18.6 Å². The molecule has 0 aliphatic rings. The SMILES string of the molecule is CCCC(O)c1ccc(-c2ccc(C(F)(F)F)cc2)c(C#N)c1. The van der Waals surface area contributed by atoms with Crippen molar-refractivity contribution in [1.29, 1.82) is 5.26 Å². The van der Waals surface area contributed by atoms with Gasteiger partial charge in [-0.1, -0.05) is 37.6 Å². The van der Waals surface area contributed by atoms with E-state index in [9.17, 15) is 23.5 Å². The van der Waals surface area contributed by atoms with Crippen molar-refractivity contribution in [2.75, 3.05) is 0 Å². The molecule has 23 heavy (non-hydrogen) atoms. The Kier molecular flexibility index (Phi) is 5.07. The third kappa shape index (κ3) is 3.91. The fourth-order valence-corrected chi connectivity index (χ4v) is 2.39. The highest BCUT2D eigenvalue weighted by atomic mass is 19.4. The molecule has 0 aromatic heterocycles. The zero-order valence-electron chi connectivity index (χ0n) is 12.6. The Labute approximate surface area is 132 Å². The molecule has 0 amide bonds. The molecule has 0 aliphatic carbocycles. The van der Waals surface area contributed by atoms with E-state index in [-0.39, 0.29) is 0 Å². The largest absolute Gasteiger partial charge is 0.416 e. The molecule has 0 saturated carbocycles. The number of nitriles is 1. The molecule has 1 atom stereocenters. The number of nitrogens with zero attached hydrogens (tertiary/aromatic N) is 1. The second kappa shape index (κ2) is 6.84. The van der Waals surface area contributed by atoms with Crippen molar-refractivity contribution >= 4 is 0 Å². The zero-order valence-corrected chi connectivity index (χ0v) is 12.6. The Balaban J connectivity index is 2.38. The number of alkyl halides is 3. The second-order valence-corrected chi connectivity index (χ2v) is 5.30. The van der Waals surface area contributed by atoms with Gasteiger partial charge in [-0.2, -0.15) is 18.4 Å². The van der Waals surface area contributed by atoms with Gasteiger partial charge in [0, 0.05) is 0 Å². The molecule has 120 valence electrons. The first-order chi connectivity index (χ1) is 10.9. The minimum Gasteiger partial charge on any atom is -0.388 e. The summed E-state index contributed by atoms with van der Waals surface area (Å²) in [6.07, 6.45) is -3.63. The van der Waals surface area contributed by atoms with Gasteiger partial charge in [0.25, 0.3) is 0 Å². The second-order valence-electron chi connectivity index (χ2n) is 5.30. The van der Waals surface area contributed by atoms with Crippen LogP contribution in [0.25, 0.3) is 11.1 Å². The first-order valence-corrected chi connectivity index (χ1v) is 7.26. The minimum atomic E-state index is -4.38. The lowest BCUT2D eigenvalue weighted by molar-refractivity contribution is -0.137. The monoisotopic (exact) mass is 319 g/mol. The van der Waals surface area contributed by atoms with E-state index >= 15 is 0 Å². The molecule has 0 radical (unpaired) electrons. The molecule has 0 bridgehead atoms. The summed E-state index contributed by atoms with van der Waals surface area (Å²) in [6.45, 7) is 1.95. The van der Waals surface area contributed by atoms with Crippen molar-refractivity contribution in [3.8, 4) is 17.2 Å². The number of hydrogen-bond donors (Lipinski definition) is 1. The van der Waals surface area contributed by atoms with Gasteiger partial charge in [0.1, 0.15) is 0 Å². The number of benzene rings is 2. The van der Waals surface area contributed by atoms with E-state index in [4.69, 9.17) is 0 Å². The Morgan fingerprint density at radius 3 is 2.30 bits per heavy atom. The summed E-state index contributed by atoms with van der Waals surface area (Å²) in [7, 11) is 0. The fraction of sp³-hybridized carbons (Fsp3) is 0.278. The zero-order chi connectivity index (χ0) is 17.0. The normalized spacial score (nSPS) is 12.7. The summed E-state index contributed by atoms with van der Waals surface area (Å²) in [4.78, 5) is 0. The van der Waals surface area contributed by atoms with E-state index < -0.39 is 17.8 Å². The van der Waals surface area contributed by atoms with Crippen LogP contribution in [0.3, 0.4) is 0 Å².